The van der Waals surface area contributed by atoms with Crippen LogP contribution in [0.1, 0.15) is 11.1 Å². The van der Waals surface area contributed by atoms with Gasteiger partial charge in [-0.2, -0.15) is 0 Å². The number of carbonyl (C=O) groups excluding carboxylic acids is 1. The average molecular weight is 337 g/mol. The maximum absolute atomic E-state index is 12.7. The number of benzene rings is 1. The van der Waals surface area contributed by atoms with Crippen molar-refractivity contribution in [1.82, 2.24) is 19.8 Å². The number of aromatic nitrogens is 2. The van der Waals surface area contributed by atoms with Crippen molar-refractivity contribution in [2.75, 3.05) is 44.2 Å². The third-order valence-electron chi connectivity index (χ3n) is 5.05. The van der Waals surface area contributed by atoms with E-state index in [0.29, 0.717) is 6.54 Å². The van der Waals surface area contributed by atoms with Crippen molar-refractivity contribution in [2.45, 2.75) is 13.0 Å². The maximum atomic E-state index is 12.7. The van der Waals surface area contributed by atoms with Gasteiger partial charge >= 0.3 is 0 Å². The lowest BCUT2D eigenvalue weighted by Gasteiger charge is -2.36. The minimum Gasteiger partial charge on any atom is -0.338 e. The number of rotatable bonds is 3. The van der Waals surface area contributed by atoms with Crippen LogP contribution in [0.4, 0.5) is 5.95 Å². The Morgan fingerprint density at radius 2 is 1.64 bits per heavy atom. The molecule has 1 amide bonds. The molecule has 0 atom stereocenters. The summed E-state index contributed by atoms with van der Waals surface area (Å²) in [4.78, 5) is 27.7. The Kier molecular flexibility index (Phi) is 4.61. The van der Waals surface area contributed by atoms with Gasteiger partial charge in [-0.05, 0) is 23.6 Å². The van der Waals surface area contributed by atoms with E-state index in [1.165, 1.54) is 11.1 Å². The number of nitrogens with zero attached hydrogens (tertiary/aromatic N) is 5. The van der Waals surface area contributed by atoms with Gasteiger partial charge in [-0.25, -0.2) is 9.97 Å². The molecule has 2 aliphatic rings. The molecule has 0 radical (unpaired) electrons. The van der Waals surface area contributed by atoms with Crippen molar-refractivity contribution >= 4 is 11.9 Å². The van der Waals surface area contributed by atoms with Gasteiger partial charge in [0.1, 0.15) is 0 Å². The van der Waals surface area contributed by atoms with E-state index in [-0.39, 0.29) is 5.91 Å². The fourth-order valence-electron chi connectivity index (χ4n) is 3.56. The Labute approximate surface area is 148 Å². The monoisotopic (exact) mass is 337 g/mol. The highest BCUT2D eigenvalue weighted by Crippen LogP contribution is 2.19. The predicted molar refractivity (Wildman–Crippen MR) is 96.2 cm³/mol. The van der Waals surface area contributed by atoms with Crippen molar-refractivity contribution in [3.63, 3.8) is 0 Å². The molecule has 0 unspecified atom stereocenters. The van der Waals surface area contributed by atoms with Gasteiger partial charge in [-0.3, -0.25) is 9.69 Å². The molecule has 0 aliphatic carbocycles. The first kappa shape index (κ1) is 16.0. The zero-order valence-electron chi connectivity index (χ0n) is 14.3. The second kappa shape index (κ2) is 7.19. The SMILES string of the molecule is O=C(CN1CCN(c2ncccn2)CC1)N1CCc2ccccc2C1. The second-order valence-corrected chi connectivity index (χ2v) is 6.65. The molecule has 25 heavy (non-hydrogen) atoms. The summed E-state index contributed by atoms with van der Waals surface area (Å²) in [5, 5.41) is 0. The van der Waals surface area contributed by atoms with Crippen molar-refractivity contribution < 1.29 is 4.79 Å². The molecule has 2 aliphatic heterocycles. The second-order valence-electron chi connectivity index (χ2n) is 6.65. The summed E-state index contributed by atoms with van der Waals surface area (Å²) in [5.74, 6) is 1.01. The van der Waals surface area contributed by atoms with Gasteiger partial charge in [0.05, 0.1) is 6.54 Å². The van der Waals surface area contributed by atoms with Gasteiger partial charge in [0.25, 0.3) is 0 Å². The Bertz CT molecular complexity index is 728. The van der Waals surface area contributed by atoms with E-state index >= 15 is 0 Å². The summed E-state index contributed by atoms with van der Waals surface area (Å²) in [6.07, 6.45) is 4.50. The van der Waals surface area contributed by atoms with Crippen molar-refractivity contribution in [3.05, 3.63) is 53.9 Å². The third kappa shape index (κ3) is 3.64. The van der Waals surface area contributed by atoms with Gasteiger partial charge in [0.2, 0.25) is 11.9 Å². The zero-order chi connectivity index (χ0) is 17.1. The van der Waals surface area contributed by atoms with Gasteiger partial charge in [-0.15, -0.1) is 0 Å². The molecular formula is C19H23N5O. The smallest absolute Gasteiger partial charge is 0.237 e. The Morgan fingerprint density at radius 3 is 2.40 bits per heavy atom. The van der Waals surface area contributed by atoms with Gasteiger partial charge in [-0.1, -0.05) is 24.3 Å². The van der Waals surface area contributed by atoms with Crippen LogP contribution in [-0.4, -0.2) is 64.9 Å². The largest absolute Gasteiger partial charge is 0.338 e. The molecule has 0 N–H and O–H groups in total. The topological polar surface area (TPSA) is 52.6 Å². The Hall–Kier alpha value is -2.47. The highest BCUT2D eigenvalue weighted by molar-refractivity contribution is 5.78. The maximum Gasteiger partial charge on any atom is 0.237 e. The summed E-state index contributed by atoms with van der Waals surface area (Å²) in [7, 11) is 0. The third-order valence-corrected chi connectivity index (χ3v) is 5.05. The zero-order valence-corrected chi connectivity index (χ0v) is 14.3. The summed E-state index contributed by atoms with van der Waals surface area (Å²) in [5.41, 5.74) is 2.66. The fraction of sp³-hybridized carbons (Fsp3) is 0.421. The quantitative estimate of drug-likeness (QED) is 0.842. The molecule has 3 heterocycles. The molecular weight excluding hydrogens is 314 g/mol. The van der Waals surface area contributed by atoms with Crippen LogP contribution in [0.25, 0.3) is 0 Å². The van der Waals surface area contributed by atoms with E-state index in [0.717, 1.165) is 51.6 Å². The standard InChI is InChI=1S/C19H23N5O/c25-18(24-9-6-16-4-1-2-5-17(16)14-24)15-22-10-12-23(13-11-22)19-20-7-3-8-21-19/h1-5,7-8H,6,9-15H2. The number of fused-ring (bicyclic) bond motifs is 1. The molecule has 2 aromatic rings. The van der Waals surface area contributed by atoms with Crippen LogP contribution < -0.4 is 4.90 Å². The lowest BCUT2D eigenvalue weighted by Crippen LogP contribution is -2.51. The van der Waals surface area contributed by atoms with Gasteiger partial charge < -0.3 is 9.80 Å². The van der Waals surface area contributed by atoms with E-state index in [4.69, 9.17) is 0 Å². The van der Waals surface area contributed by atoms with Crippen molar-refractivity contribution in [1.29, 1.82) is 0 Å². The van der Waals surface area contributed by atoms with Crippen LogP contribution in [0.2, 0.25) is 0 Å². The normalized spacial score (nSPS) is 18.1. The predicted octanol–water partition coefficient (Wildman–Crippen LogP) is 1.18. The average Bonchev–Trinajstić information content (AvgIpc) is 2.69. The number of hydrogen-bond donors (Lipinski definition) is 0. The minimum absolute atomic E-state index is 0.235. The summed E-state index contributed by atoms with van der Waals surface area (Å²) in [6, 6.07) is 10.3. The van der Waals surface area contributed by atoms with Crippen LogP contribution in [0.3, 0.4) is 0 Å². The van der Waals surface area contributed by atoms with Crippen LogP contribution in [-0.2, 0) is 17.8 Å². The van der Waals surface area contributed by atoms with Gasteiger partial charge in [0.15, 0.2) is 0 Å². The molecule has 6 heteroatoms. The van der Waals surface area contributed by atoms with Crippen LogP contribution in [0.15, 0.2) is 42.7 Å². The van der Waals surface area contributed by atoms with Crippen LogP contribution in [0, 0.1) is 0 Å². The first-order chi connectivity index (χ1) is 12.3. The first-order valence-corrected chi connectivity index (χ1v) is 8.88. The molecule has 130 valence electrons. The van der Waals surface area contributed by atoms with E-state index in [1.54, 1.807) is 12.4 Å². The number of anilines is 1. The molecule has 0 saturated carbocycles. The van der Waals surface area contributed by atoms with Crippen molar-refractivity contribution in [3.8, 4) is 0 Å². The number of amides is 1. The highest BCUT2D eigenvalue weighted by atomic mass is 16.2. The molecule has 0 bridgehead atoms. The van der Waals surface area contributed by atoms with Crippen molar-refractivity contribution in [2.24, 2.45) is 0 Å². The van der Waals surface area contributed by atoms with E-state index in [1.807, 2.05) is 11.0 Å². The van der Waals surface area contributed by atoms with E-state index in [2.05, 4.69) is 44.0 Å². The molecule has 1 fully saturated rings. The van der Waals surface area contributed by atoms with E-state index < -0.39 is 0 Å². The molecule has 1 aromatic carbocycles. The molecule has 4 rings (SSSR count). The number of piperazine rings is 1. The molecule has 1 saturated heterocycles. The minimum atomic E-state index is 0.235. The summed E-state index contributed by atoms with van der Waals surface area (Å²) in [6.45, 7) is 5.54. The number of hydrogen-bond acceptors (Lipinski definition) is 5. The van der Waals surface area contributed by atoms with Crippen LogP contribution >= 0.6 is 0 Å². The lowest BCUT2D eigenvalue weighted by atomic mass is 10.00. The molecule has 1 aromatic heterocycles. The fourth-order valence-corrected chi connectivity index (χ4v) is 3.56. The summed E-state index contributed by atoms with van der Waals surface area (Å²) >= 11 is 0. The van der Waals surface area contributed by atoms with Crippen LogP contribution in [0.5, 0.6) is 0 Å². The number of carbonyl (C=O) groups is 1. The Balaban J connectivity index is 1.30. The van der Waals surface area contributed by atoms with Gasteiger partial charge in [0, 0.05) is 51.7 Å². The summed E-state index contributed by atoms with van der Waals surface area (Å²) < 4.78 is 0. The molecule has 0 spiro atoms. The van der Waals surface area contributed by atoms with E-state index in [9.17, 15) is 4.79 Å². The first-order valence-electron chi connectivity index (χ1n) is 8.88. The molecule has 6 nitrogen and oxygen atoms in total. The Morgan fingerprint density at radius 1 is 0.920 bits per heavy atom. The highest BCUT2D eigenvalue weighted by Gasteiger charge is 2.24. The lowest BCUT2D eigenvalue weighted by molar-refractivity contribution is -0.133.